The van der Waals surface area contributed by atoms with Crippen molar-refractivity contribution in [2.75, 3.05) is 13.2 Å². The van der Waals surface area contributed by atoms with Crippen LogP contribution in [0.3, 0.4) is 0 Å². The Morgan fingerprint density at radius 3 is 2.72 bits per heavy atom. The standard InChI is InChI=1S/C17H25F3N6O6/c18-17(19,20)32-8-3-1-7(2-4-8)12(28)31-10-5-26-14(22)23-9(6-27)11-15(26,16(10,29)30)25-13(21)24-11/h1,8-11,13,24-25,27,29-30H,2-6,21H2,(H2,22,23)/t8?,9-,10-,11?,13-,15?/m0/s1. The van der Waals surface area contributed by atoms with Crippen LogP contribution in [0.25, 0.3) is 0 Å². The number of ether oxygens (including phenoxy) is 2. The molecule has 1 spiro atoms. The number of nitrogens with one attached hydrogen (secondary N) is 2. The lowest BCUT2D eigenvalue weighted by atomic mass is 9.86. The molecule has 0 aromatic carbocycles. The summed E-state index contributed by atoms with van der Waals surface area (Å²) in [6.07, 6.45) is -7.24. The predicted octanol–water partition coefficient (Wildman–Crippen LogP) is -2.90. The van der Waals surface area contributed by atoms with E-state index in [-0.39, 0.29) is 37.3 Å². The third-order valence-corrected chi connectivity index (χ3v) is 6.29. The Hall–Kier alpha value is -2.01. The van der Waals surface area contributed by atoms with E-state index in [0.717, 1.165) is 0 Å². The summed E-state index contributed by atoms with van der Waals surface area (Å²) in [5.74, 6) is -3.72. The number of hydrogen-bond acceptors (Lipinski definition) is 12. The highest BCUT2D eigenvalue weighted by Gasteiger charge is 2.74. The number of carbonyl (C=O) groups excluding carboxylic acids is 1. The van der Waals surface area contributed by atoms with Crippen molar-refractivity contribution in [3.63, 3.8) is 0 Å². The highest BCUT2D eigenvalue weighted by molar-refractivity contribution is 5.89. The molecule has 2 saturated heterocycles. The first-order valence-corrected chi connectivity index (χ1v) is 9.99. The van der Waals surface area contributed by atoms with Gasteiger partial charge in [0.15, 0.2) is 17.7 Å². The second-order valence-corrected chi connectivity index (χ2v) is 8.19. The SMILES string of the molecule is NC1=N[C@@H](CO)C2N[C@H](N)NC23N1C[C@H](OC(=O)C1=CCC(OC(F)(F)F)CC1)C3(O)O. The molecule has 32 heavy (non-hydrogen) atoms. The minimum Gasteiger partial charge on any atom is -0.451 e. The van der Waals surface area contributed by atoms with Crippen LogP contribution in [0.5, 0.6) is 0 Å². The minimum absolute atomic E-state index is 0.0332. The van der Waals surface area contributed by atoms with Gasteiger partial charge in [-0.2, -0.15) is 0 Å². The van der Waals surface area contributed by atoms with Crippen molar-refractivity contribution in [1.29, 1.82) is 0 Å². The van der Waals surface area contributed by atoms with Crippen LogP contribution in [0.1, 0.15) is 19.3 Å². The monoisotopic (exact) mass is 466 g/mol. The minimum atomic E-state index is -4.77. The largest absolute Gasteiger partial charge is 0.522 e. The lowest BCUT2D eigenvalue weighted by Crippen LogP contribution is -2.77. The molecule has 0 bridgehead atoms. The third-order valence-electron chi connectivity index (χ3n) is 6.29. The molecule has 0 aromatic heterocycles. The number of aliphatic hydroxyl groups is 3. The molecule has 4 aliphatic rings. The van der Waals surface area contributed by atoms with Gasteiger partial charge in [0.1, 0.15) is 6.29 Å². The molecule has 4 rings (SSSR count). The van der Waals surface area contributed by atoms with Gasteiger partial charge in [-0.3, -0.25) is 15.4 Å². The molecule has 0 radical (unpaired) electrons. The van der Waals surface area contributed by atoms with Crippen molar-refractivity contribution in [2.24, 2.45) is 16.5 Å². The fraction of sp³-hybridized carbons (Fsp3) is 0.765. The van der Waals surface area contributed by atoms with E-state index in [1.165, 1.54) is 11.0 Å². The van der Waals surface area contributed by atoms with Crippen LogP contribution in [0.2, 0.25) is 0 Å². The molecule has 0 aromatic rings. The zero-order chi connectivity index (χ0) is 23.5. The molecule has 6 atom stereocenters. The summed E-state index contributed by atoms with van der Waals surface area (Å²) in [5, 5.41) is 37.6. The van der Waals surface area contributed by atoms with Crippen molar-refractivity contribution in [3.05, 3.63) is 11.6 Å². The topological polar surface area (TPSA) is 188 Å². The molecule has 180 valence electrons. The van der Waals surface area contributed by atoms with E-state index in [1.54, 1.807) is 0 Å². The predicted molar refractivity (Wildman–Crippen MR) is 99.9 cm³/mol. The number of alkyl halides is 3. The number of nitrogens with two attached hydrogens (primary N) is 2. The Labute approximate surface area is 180 Å². The van der Waals surface area contributed by atoms with Gasteiger partial charge in [0.05, 0.1) is 31.3 Å². The fourth-order valence-electron chi connectivity index (χ4n) is 4.88. The van der Waals surface area contributed by atoms with Gasteiger partial charge in [0, 0.05) is 5.57 Å². The summed E-state index contributed by atoms with van der Waals surface area (Å²) in [4.78, 5) is 18.1. The van der Waals surface area contributed by atoms with Crippen LogP contribution in [-0.2, 0) is 14.3 Å². The number of esters is 1. The number of halogens is 3. The van der Waals surface area contributed by atoms with Gasteiger partial charge in [-0.1, -0.05) is 6.08 Å². The van der Waals surface area contributed by atoms with Crippen molar-refractivity contribution < 1.29 is 42.8 Å². The van der Waals surface area contributed by atoms with Crippen LogP contribution in [-0.4, -0.2) is 93.7 Å². The van der Waals surface area contributed by atoms with Crippen LogP contribution in [0, 0.1) is 0 Å². The van der Waals surface area contributed by atoms with Crippen molar-refractivity contribution >= 4 is 11.9 Å². The summed E-state index contributed by atoms with van der Waals surface area (Å²) >= 11 is 0. The van der Waals surface area contributed by atoms with E-state index >= 15 is 0 Å². The molecule has 9 N–H and O–H groups in total. The summed E-state index contributed by atoms with van der Waals surface area (Å²) in [5.41, 5.74) is 10.2. The van der Waals surface area contributed by atoms with Crippen molar-refractivity contribution in [3.8, 4) is 0 Å². The Bertz CT molecular complexity index is 838. The zero-order valence-corrected chi connectivity index (χ0v) is 16.7. The maximum absolute atomic E-state index is 12.6. The quantitative estimate of drug-likeness (QED) is 0.166. The van der Waals surface area contributed by atoms with E-state index < -0.39 is 61.0 Å². The number of hydrogen-bond donors (Lipinski definition) is 7. The van der Waals surface area contributed by atoms with Crippen LogP contribution < -0.4 is 22.1 Å². The second kappa shape index (κ2) is 7.79. The Balaban J connectivity index is 1.52. The lowest BCUT2D eigenvalue weighted by molar-refractivity contribution is -0.343. The lowest BCUT2D eigenvalue weighted by Gasteiger charge is -2.48. The zero-order valence-electron chi connectivity index (χ0n) is 16.7. The van der Waals surface area contributed by atoms with Crippen LogP contribution in [0.15, 0.2) is 16.6 Å². The average Bonchev–Trinajstić information content (AvgIpc) is 3.16. The molecule has 0 amide bonds. The average molecular weight is 466 g/mol. The number of rotatable bonds is 4. The molecule has 3 aliphatic heterocycles. The normalized spacial score (nSPS) is 38.6. The molecule has 2 fully saturated rings. The Kier molecular flexibility index (Phi) is 5.64. The van der Waals surface area contributed by atoms with E-state index in [0.29, 0.717) is 0 Å². The first kappa shape index (κ1) is 23.2. The number of aliphatic imine (C=N–C) groups is 1. The summed E-state index contributed by atoms with van der Waals surface area (Å²) in [7, 11) is 0. The van der Waals surface area contributed by atoms with Crippen LogP contribution in [0.4, 0.5) is 13.2 Å². The fourth-order valence-corrected chi connectivity index (χ4v) is 4.88. The van der Waals surface area contributed by atoms with E-state index in [4.69, 9.17) is 16.2 Å². The number of nitrogens with zero attached hydrogens (tertiary/aromatic N) is 2. The van der Waals surface area contributed by atoms with E-state index in [2.05, 4.69) is 20.4 Å². The molecule has 3 heterocycles. The number of guanidine groups is 1. The first-order chi connectivity index (χ1) is 14.9. The third kappa shape index (κ3) is 3.63. The number of aliphatic hydroxyl groups excluding tert-OH is 1. The molecular weight excluding hydrogens is 441 g/mol. The van der Waals surface area contributed by atoms with Gasteiger partial charge < -0.3 is 36.4 Å². The first-order valence-electron chi connectivity index (χ1n) is 9.99. The number of carbonyl (C=O) groups is 1. The molecular formula is C17H25F3N6O6. The molecule has 0 saturated carbocycles. The van der Waals surface area contributed by atoms with Crippen LogP contribution >= 0.6 is 0 Å². The Morgan fingerprint density at radius 2 is 2.12 bits per heavy atom. The summed E-state index contributed by atoms with van der Waals surface area (Å²) in [6.45, 7) is -0.714. The van der Waals surface area contributed by atoms with Gasteiger partial charge >= 0.3 is 12.3 Å². The highest BCUT2D eigenvalue weighted by atomic mass is 19.4. The van der Waals surface area contributed by atoms with Gasteiger partial charge in [-0.25, -0.2) is 9.79 Å². The maximum Gasteiger partial charge on any atom is 0.522 e. The van der Waals surface area contributed by atoms with Gasteiger partial charge in [0.25, 0.3) is 0 Å². The molecule has 1 aliphatic carbocycles. The molecule has 12 nitrogen and oxygen atoms in total. The molecule has 3 unspecified atom stereocenters. The van der Waals surface area contributed by atoms with Gasteiger partial charge in [-0.05, 0) is 19.3 Å². The Morgan fingerprint density at radius 1 is 1.41 bits per heavy atom. The maximum atomic E-state index is 12.6. The molecule has 15 heteroatoms. The smallest absolute Gasteiger partial charge is 0.451 e. The van der Waals surface area contributed by atoms with Crippen molar-refractivity contribution in [1.82, 2.24) is 15.5 Å². The summed E-state index contributed by atoms with van der Waals surface area (Å²) < 4.78 is 46.4. The highest BCUT2D eigenvalue weighted by Crippen LogP contribution is 2.45. The van der Waals surface area contributed by atoms with Gasteiger partial charge in [-0.15, -0.1) is 13.2 Å². The van der Waals surface area contributed by atoms with E-state index in [1.807, 2.05) is 0 Å². The van der Waals surface area contributed by atoms with Gasteiger partial charge in [0.2, 0.25) is 5.79 Å². The summed E-state index contributed by atoms with van der Waals surface area (Å²) in [6, 6.07) is -1.74. The van der Waals surface area contributed by atoms with Crippen molar-refractivity contribution in [2.45, 2.75) is 67.7 Å². The second-order valence-electron chi connectivity index (χ2n) is 8.19. The van der Waals surface area contributed by atoms with E-state index in [9.17, 15) is 33.3 Å².